The average molecular weight is 580 g/mol. The lowest BCUT2D eigenvalue weighted by atomic mass is 9.90. The van der Waals surface area contributed by atoms with Crippen LogP contribution in [0.5, 0.6) is 5.75 Å². The monoisotopic (exact) mass is 579 g/mol. The van der Waals surface area contributed by atoms with E-state index in [1.54, 1.807) is 13.0 Å². The Morgan fingerprint density at radius 1 is 1.02 bits per heavy atom. The van der Waals surface area contributed by atoms with Crippen molar-refractivity contribution in [2.24, 2.45) is 0 Å². The first-order valence-electron chi connectivity index (χ1n) is 14.4. The van der Waals surface area contributed by atoms with Crippen LogP contribution in [0.3, 0.4) is 0 Å². The Labute approximate surface area is 242 Å². The number of halogens is 1. The molecule has 1 N–H and O–H groups in total. The smallest absolute Gasteiger partial charge is 0.306 e. The van der Waals surface area contributed by atoms with Gasteiger partial charge in [-0.05, 0) is 116 Å². The third-order valence-electron chi connectivity index (χ3n) is 8.15. The number of carbonyl (C=O) groups is 1. The van der Waals surface area contributed by atoms with E-state index >= 15 is 0 Å². The van der Waals surface area contributed by atoms with Crippen molar-refractivity contribution in [1.29, 1.82) is 0 Å². The molecule has 3 aromatic rings. The molecule has 8 heteroatoms. The summed E-state index contributed by atoms with van der Waals surface area (Å²) in [4.78, 5) is 11.6. The van der Waals surface area contributed by atoms with Gasteiger partial charge in [-0.25, -0.2) is 12.8 Å². The van der Waals surface area contributed by atoms with Crippen LogP contribution in [0, 0.1) is 19.7 Å². The van der Waals surface area contributed by atoms with E-state index in [-0.39, 0.29) is 41.9 Å². The number of hydrogen-bond acceptors (Lipinski definition) is 6. The molecule has 1 aliphatic heterocycles. The molecular formula is C33H38FNO5S. The fraction of sp³-hybridized carbons (Fsp3) is 0.424. The lowest BCUT2D eigenvalue weighted by Crippen LogP contribution is -2.30. The van der Waals surface area contributed by atoms with Crippen molar-refractivity contribution in [2.45, 2.75) is 71.4 Å². The minimum atomic E-state index is -2.93. The zero-order valence-electron chi connectivity index (χ0n) is 24.0. The van der Waals surface area contributed by atoms with E-state index in [2.05, 4.69) is 49.5 Å². The molecule has 1 heterocycles. The summed E-state index contributed by atoms with van der Waals surface area (Å²) < 4.78 is 49.5. The van der Waals surface area contributed by atoms with Crippen LogP contribution < -0.4 is 10.1 Å². The number of benzene rings is 3. The summed E-state index contributed by atoms with van der Waals surface area (Å²) in [7, 11) is -2.93. The maximum absolute atomic E-state index is 14.8. The molecule has 1 unspecified atom stereocenters. The van der Waals surface area contributed by atoms with Crippen molar-refractivity contribution in [3.05, 3.63) is 82.2 Å². The standard InChI is InChI=1S/C33H38FNO5S/c1-4-39-32(36)13-9-23-8-10-24(20-30(23)34)35-31-12-11-27-28(31)6-5-7-29(27)33-21(2)18-26(19-22(33)3)40-25-14-16-41(37,38)17-15-25/h5-8,10,18-20,25,31,35H,4,9,11-17H2,1-3H3. The summed E-state index contributed by atoms with van der Waals surface area (Å²) >= 11 is 0. The first-order valence-corrected chi connectivity index (χ1v) is 16.3. The van der Waals surface area contributed by atoms with Gasteiger partial charge < -0.3 is 14.8 Å². The molecule has 41 heavy (non-hydrogen) atoms. The number of ether oxygens (including phenoxy) is 2. The molecule has 0 amide bonds. The quantitative estimate of drug-likeness (QED) is 0.286. The first kappa shape index (κ1) is 29.1. The second-order valence-corrected chi connectivity index (χ2v) is 13.4. The number of sulfone groups is 1. The largest absolute Gasteiger partial charge is 0.490 e. The number of aryl methyl sites for hydroxylation is 3. The average Bonchev–Trinajstić information content (AvgIpc) is 3.33. The number of rotatable bonds is 9. The van der Waals surface area contributed by atoms with Crippen LogP contribution in [-0.4, -0.2) is 38.6 Å². The number of anilines is 1. The molecule has 6 nitrogen and oxygen atoms in total. The Kier molecular flexibility index (Phi) is 8.68. The molecule has 1 saturated heterocycles. The van der Waals surface area contributed by atoms with Crippen LogP contribution in [0.25, 0.3) is 11.1 Å². The highest BCUT2D eigenvalue weighted by atomic mass is 32.2. The van der Waals surface area contributed by atoms with E-state index in [0.717, 1.165) is 35.4 Å². The number of nitrogens with one attached hydrogen (secondary N) is 1. The van der Waals surface area contributed by atoms with Crippen LogP contribution in [0.1, 0.15) is 66.5 Å². The molecule has 3 aromatic carbocycles. The molecule has 2 aliphatic rings. The van der Waals surface area contributed by atoms with E-state index in [9.17, 15) is 17.6 Å². The van der Waals surface area contributed by atoms with Crippen molar-refractivity contribution < 1.29 is 27.1 Å². The number of carbonyl (C=O) groups excluding carboxylic acids is 1. The minimum absolute atomic E-state index is 0.0699. The van der Waals surface area contributed by atoms with Crippen molar-refractivity contribution in [3.8, 4) is 16.9 Å². The maximum atomic E-state index is 14.8. The molecular weight excluding hydrogens is 541 g/mol. The van der Waals surface area contributed by atoms with E-state index in [0.29, 0.717) is 31.4 Å². The van der Waals surface area contributed by atoms with Crippen molar-refractivity contribution >= 4 is 21.5 Å². The van der Waals surface area contributed by atoms with Gasteiger partial charge in [-0.1, -0.05) is 24.3 Å². The van der Waals surface area contributed by atoms with Gasteiger partial charge in [0.2, 0.25) is 0 Å². The zero-order valence-corrected chi connectivity index (χ0v) is 24.8. The molecule has 1 atom stereocenters. The Morgan fingerprint density at radius 3 is 2.44 bits per heavy atom. The third kappa shape index (κ3) is 6.75. The normalized spacial score (nSPS) is 18.1. The SMILES string of the molecule is CCOC(=O)CCc1ccc(NC2CCc3c(-c4c(C)cc(OC5CCS(=O)(=O)CC5)cc4C)cccc32)cc1F. The molecule has 218 valence electrons. The summed E-state index contributed by atoms with van der Waals surface area (Å²) in [6.07, 6.45) is 3.27. The lowest BCUT2D eigenvalue weighted by molar-refractivity contribution is -0.143. The summed E-state index contributed by atoms with van der Waals surface area (Å²) in [5.41, 5.74) is 8.38. The molecule has 1 aliphatic carbocycles. The summed E-state index contributed by atoms with van der Waals surface area (Å²) in [5.74, 6) is 0.515. The Hall–Kier alpha value is -3.39. The second kappa shape index (κ2) is 12.2. The fourth-order valence-electron chi connectivity index (χ4n) is 6.14. The van der Waals surface area contributed by atoms with Gasteiger partial charge in [-0.2, -0.15) is 0 Å². The molecule has 0 saturated carbocycles. The van der Waals surface area contributed by atoms with E-state index < -0.39 is 9.84 Å². The van der Waals surface area contributed by atoms with Crippen molar-refractivity contribution in [3.63, 3.8) is 0 Å². The Bertz CT molecular complexity index is 1510. The number of hydrogen-bond donors (Lipinski definition) is 1. The van der Waals surface area contributed by atoms with Crippen LogP contribution in [-0.2, 0) is 32.2 Å². The molecule has 1 fully saturated rings. The number of esters is 1. The minimum Gasteiger partial charge on any atom is -0.490 e. The highest BCUT2D eigenvalue weighted by Crippen LogP contribution is 2.42. The van der Waals surface area contributed by atoms with Crippen LogP contribution in [0.2, 0.25) is 0 Å². The lowest BCUT2D eigenvalue weighted by Gasteiger charge is -2.24. The van der Waals surface area contributed by atoms with Gasteiger partial charge in [0.15, 0.2) is 9.84 Å². The topological polar surface area (TPSA) is 81.7 Å². The van der Waals surface area contributed by atoms with Crippen LogP contribution >= 0.6 is 0 Å². The van der Waals surface area contributed by atoms with Gasteiger partial charge in [0, 0.05) is 12.1 Å². The van der Waals surface area contributed by atoms with Gasteiger partial charge in [-0.15, -0.1) is 0 Å². The van der Waals surface area contributed by atoms with Gasteiger partial charge in [0.1, 0.15) is 17.7 Å². The highest BCUT2D eigenvalue weighted by Gasteiger charge is 2.27. The number of fused-ring (bicyclic) bond motifs is 1. The van der Waals surface area contributed by atoms with E-state index in [1.807, 2.05) is 6.07 Å². The Morgan fingerprint density at radius 2 is 1.76 bits per heavy atom. The van der Waals surface area contributed by atoms with Gasteiger partial charge in [0.05, 0.1) is 24.2 Å². The zero-order chi connectivity index (χ0) is 29.1. The predicted molar refractivity (Wildman–Crippen MR) is 160 cm³/mol. The van der Waals surface area contributed by atoms with Crippen LogP contribution in [0.15, 0.2) is 48.5 Å². The van der Waals surface area contributed by atoms with Gasteiger partial charge in [0.25, 0.3) is 0 Å². The highest BCUT2D eigenvalue weighted by molar-refractivity contribution is 7.91. The fourth-order valence-corrected chi connectivity index (χ4v) is 7.59. The van der Waals surface area contributed by atoms with E-state index in [1.165, 1.54) is 28.3 Å². The molecule has 0 aromatic heterocycles. The Balaban J connectivity index is 1.31. The summed E-state index contributed by atoms with van der Waals surface area (Å²) in [5, 5.41) is 3.52. The van der Waals surface area contributed by atoms with Crippen molar-refractivity contribution in [2.75, 3.05) is 23.4 Å². The second-order valence-electron chi connectivity index (χ2n) is 11.1. The summed E-state index contributed by atoms with van der Waals surface area (Å²) in [6.45, 7) is 6.27. The third-order valence-corrected chi connectivity index (χ3v) is 9.86. The van der Waals surface area contributed by atoms with Crippen LogP contribution in [0.4, 0.5) is 10.1 Å². The maximum Gasteiger partial charge on any atom is 0.306 e. The molecule has 5 rings (SSSR count). The van der Waals surface area contributed by atoms with E-state index in [4.69, 9.17) is 9.47 Å². The molecule has 0 spiro atoms. The molecule has 0 bridgehead atoms. The first-order chi connectivity index (χ1) is 19.6. The molecule has 0 radical (unpaired) electrons. The van der Waals surface area contributed by atoms with Gasteiger partial charge in [-0.3, -0.25) is 4.79 Å². The van der Waals surface area contributed by atoms with Gasteiger partial charge >= 0.3 is 5.97 Å². The summed E-state index contributed by atoms with van der Waals surface area (Å²) in [6, 6.07) is 15.7. The van der Waals surface area contributed by atoms with Crippen molar-refractivity contribution in [1.82, 2.24) is 0 Å². The predicted octanol–water partition coefficient (Wildman–Crippen LogP) is 6.66.